The van der Waals surface area contributed by atoms with Crippen molar-refractivity contribution in [1.29, 1.82) is 0 Å². The Morgan fingerprint density at radius 2 is 2.05 bits per heavy atom. The third-order valence-corrected chi connectivity index (χ3v) is 3.09. The number of rotatable bonds is 2. The second-order valence-corrected chi connectivity index (χ2v) is 6.08. The summed E-state index contributed by atoms with van der Waals surface area (Å²) < 4.78 is 2.18. The molecule has 0 aliphatic heterocycles. The fourth-order valence-electron chi connectivity index (χ4n) is 1.88. The molecule has 2 N–H and O–H groups in total. The summed E-state index contributed by atoms with van der Waals surface area (Å²) in [5.74, 6) is 0.818. The van der Waals surface area contributed by atoms with E-state index in [2.05, 4.69) is 47.1 Å². The molecule has 2 aromatic heterocycles. The third-order valence-electron chi connectivity index (χ3n) is 2.82. The van der Waals surface area contributed by atoms with Crippen molar-refractivity contribution in [1.82, 2.24) is 19.9 Å². The van der Waals surface area contributed by atoms with Gasteiger partial charge in [0.1, 0.15) is 0 Å². The highest BCUT2D eigenvalue weighted by molar-refractivity contribution is 7.71. The van der Waals surface area contributed by atoms with Gasteiger partial charge in [-0.1, -0.05) is 20.8 Å². The van der Waals surface area contributed by atoms with Crippen molar-refractivity contribution < 1.29 is 0 Å². The summed E-state index contributed by atoms with van der Waals surface area (Å²) in [6.45, 7) is 10.3. The topological polar surface area (TPSA) is 61.8 Å². The number of hydrogen-bond donors (Lipinski definition) is 2. The predicted octanol–water partition coefficient (Wildman–Crippen LogP) is 3.07. The maximum Gasteiger partial charge on any atom is 0.216 e. The number of nitrogens with one attached hydrogen (secondary N) is 2. The molecule has 6 heteroatoms. The van der Waals surface area contributed by atoms with Gasteiger partial charge in [-0.3, -0.25) is 5.10 Å². The Hall–Kier alpha value is -1.69. The van der Waals surface area contributed by atoms with Crippen LogP contribution in [0.15, 0.2) is 11.2 Å². The van der Waals surface area contributed by atoms with Crippen LogP contribution in [0.2, 0.25) is 0 Å². The van der Waals surface area contributed by atoms with E-state index in [0.717, 1.165) is 22.8 Å². The van der Waals surface area contributed by atoms with Crippen LogP contribution >= 0.6 is 12.2 Å². The van der Waals surface area contributed by atoms with Crippen LogP contribution in [0.1, 0.15) is 43.5 Å². The molecule has 5 nitrogen and oxygen atoms in total. The minimum atomic E-state index is -0.117. The zero-order valence-electron chi connectivity index (χ0n) is 11.9. The molecule has 2 heterocycles. The second kappa shape index (κ2) is 4.77. The van der Waals surface area contributed by atoms with Crippen LogP contribution in [0.4, 0.5) is 0 Å². The molecule has 0 fully saturated rings. The summed E-state index contributed by atoms with van der Waals surface area (Å²) >= 11 is 5.22. The summed E-state index contributed by atoms with van der Waals surface area (Å²) in [7, 11) is 0. The Balaban J connectivity index is 2.42. The third kappa shape index (κ3) is 2.84. The van der Waals surface area contributed by atoms with E-state index < -0.39 is 0 Å². The highest BCUT2D eigenvalue weighted by Gasteiger charge is 2.21. The average molecular weight is 277 g/mol. The van der Waals surface area contributed by atoms with E-state index in [0.29, 0.717) is 4.77 Å². The molecule has 19 heavy (non-hydrogen) atoms. The van der Waals surface area contributed by atoms with Crippen molar-refractivity contribution in [2.75, 3.05) is 0 Å². The Morgan fingerprint density at radius 1 is 1.37 bits per heavy atom. The summed E-state index contributed by atoms with van der Waals surface area (Å²) in [5.41, 5.74) is 3.15. The smallest absolute Gasteiger partial charge is 0.216 e. The maximum absolute atomic E-state index is 5.22. The van der Waals surface area contributed by atoms with Crippen LogP contribution < -0.4 is 0 Å². The van der Waals surface area contributed by atoms with Crippen LogP contribution in [0.25, 0.3) is 0 Å². The molecule has 0 atom stereocenters. The molecule has 0 aliphatic carbocycles. The van der Waals surface area contributed by atoms with E-state index in [1.807, 2.05) is 13.8 Å². The lowest BCUT2D eigenvalue weighted by Gasteiger charge is -2.15. The van der Waals surface area contributed by atoms with Gasteiger partial charge >= 0.3 is 0 Å². The molecule has 0 aliphatic rings. The lowest BCUT2D eigenvalue weighted by Crippen LogP contribution is -2.17. The van der Waals surface area contributed by atoms with E-state index in [1.165, 1.54) is 0 Å². The predicted molar refractivity (Wildman–Crippen MR) is 79.4 cm³/mol. The molecular weight excluding hydrogens is 258 g/mol. The Morgan fingerprint density at radius 3 is 2.58 bits per heavy atom. The van der Waals surface area contributed by atoms with Crippen molar-refractivity contribution in [3.05, 3.63) is 33.6 Å². The fourth-order valence-corrected chi connectivity index (χ4v) is 2.06. The first-order valence-corrected chi connectivity index (χ1v) is 6.58. The largest absolute Gasteiger partial charge is 0.362 e. The van der Waals surface area contributed by atoms with Gasteiger partial charge in [0.15, 0.2) is 5.82 Å². The first kappa shape index (κ1) is 13.7. The second-order valence-electron chi connectivity index (χ2n) is 5.69. The number of H-pyrrole nitrogens is 2. The van der Waals surface area contributed by atoms with Crippen molar-refractivity contribution in [2.24, 2.45) is 5.10 Å². The van der Waals surface area contributed by atoms with Crippen LogP contribution in [-0.2, 0) is 5.41 Å². The van der Waals surface area contributed by atoms with E-state index >= 15 is 0 Å². The van der Waals surface area contributed by atoms with E-state index in [9.17, 15) is 0 Å². The zero-order valence-corrected chi connectivity index (χ0v) is 12.7. The van der Waals surface area contributed by atoms with Gasteiger partial charge in [-0.25, -0.2) is 0 Å². The molecule has 102 valence electrons. The quantitative estimate of drug-likeness (QED) is 0.654. The monoisotopic (exact) mass is 277 g/mol. The van der Waals surface area contributed by atoms with Crippen molar-refractivity contribution >= 4 is 18.4 Å². The van der Waals surface area contributed by atoms with E-state index in [-0.39, 0.29) is 5.41 Å². The molecule has 0 spiro atoms. The normalized spacial score (nSPS) is 12.5. The Kier molecular flexibility index (Phi) is 3.45. The van der Waals surface area contributed by atoms with Crippen molar-refractivity contribution in [3.8, 4) is 0 Å². The molecule has 0 aromatic carbocycles. The lowest BCUT2D eigenvalue weighted by molar-refractivity contribution is 0.516. The summed E-state index contributed by atoms with van der Waals surface area (Å²) in [4.78, 5) is 3.25. The number of aromatic amines is 2. The number of hydrogen-bond acceptors (Lipinski definition) is 3. The summed E-state index contributed by atoms with van der Waals surface area (Å²) in [6, 6.07) is 2.05. The van der Waals surface area contributed by atoms with E-state index in [4.69, 9.17) is 12.2 Å². The molecule has 0 amide bonds. The fraction of sp³-hybridized carbons (Fsp3) is 0.462. The van der Waals surface area contributed by atoms with Crippen LogP contribution in [-0.4, -0.2) is 26.1 Å². The molecular formula is C13H19N5S. The summed E-state index contributed by atoms with van der Waals surface area (Å²) in [6.07, 6.45) is 1.80. The maximum atomic E-state index is 5.22. The highest BCUT2D eigenvalue weighted by Crippen LogP contribution is 2.19. The SMILES string of the molecule is Cc1cc(/C=N/n2c(C(C)(C)C)n[nH]c2=S)c(C)[nH]1. The zero-order chi connectivity index (χ0) is 14.2. The molecule has 2 aromatic rings. The molecule has 0 bridgehead atoms. The molecule has 2 rings (SSSR count). The Bertz CT molecular complexity index is 666. The summed E-state index contributed by atoms with van der Waals surface area (Å²) in [5, 5.41) is 11.5. The van der Waals surface area contributed by atoms with Gasteiger partial charge in [0.25, 0.3) is 0 Å². The number of aromatic nitrogens is 4. The first-order valence-electron chi connectivity index (χ1n) is 6.17. The van der Waals surface area contributed by atoms with Gasteiger partial charge in [0.05, 0.1) is 6.21 Å². The van der Waals surface area contributed by atoms with Gasteiger partial charge in [-0.2, -0.15) is 14.9 Å². The minimum Gasteiger partial charge on any atom is -0.362 e. The van der Waals surface area contributed by atoms with Crippen LogP contribution in [0.5, 0.6) is 0 Å². The van der Waals surface area contributed by atoms with Crippen LogP contribution in [0, 0.1) is 18.6 Å². The van der Waals surface area contributed by atoms with E-state index in [1.54, 1.807) is 10.9 Å². The standard InChI is InChI=1S/C13H19N5S/c1-8-6-10(9(2)15-8)7-14-18-11(13(3,4)5)16-17-12(18)19/h6-7,15H,1-5H3,(H,17,19)/b14-7+. The minimum absolute atomic E-state index is 0.117. The van der Waals surface area contributed by atoms with Gasteiger partial charge in [0, 0.05) is 22.4 Å². The first-order chi connectivity index (χ1) is 8.79. The van der Waals surface area contributed by atoms with Gasteiger partial charge in [-0.05, 0) is 32.1 Å². The van der Waals surface area contributed by atoms with Gasteiger partial charge in [0.2, 0.25) is 4.77 Å². The van der Waals surface area contributed by atoms with Crippen LogP contribution in [0.3, 0.4) is 0 Å². The highest BCUT2D eigenvalue weighted by atomic mass is 32.1. The van der Waals surface area contributed by atoms with Crippen molar-refractivity contribution in [2.45, 2.75) is 40.0 Å². The van der Waals surface area contributed by atoms with Crippen molar-refractivity contribution in [3.63, 3.8) is 0 Å². The number of nitrogens with zero attached hydrogens (tertiary/aromatic N) is 3. The average Bonchev–Trinajstić information content (AvgIpc) is 2.78. The Labute approximate surface area is 117 Å². The lowest BCUT2D eigenvalue weighted by atomic mass is 9.96. The molecule has 0 unspecified atom stereocenters. The van der Waals surface area contributed by atoms with Gasteiger partial charge < -0.3 is 4.98 Å². The molecule has 0 radical (unpaired) electrons. The molecule has 0 saturated carbocycles. The molecule has 0 saturated heterocycles. The number of aryl methyl sites for hydroxylation is 2. The van der Waals surface area contributed by atoms with Gasteiger partial charge in [-0.15, -0.1) is 0 Å².